The summed E-state index contributed by atoms with van der Waals surface area (Å²) in [5.74, 6) is 0.669. The molecule has 8 heteroatoms. The van der Waals surface area contributed by atoms with E-state index in [1.54, 1.807) is 11.5 Å². The van der Waals surface area contributed by atoms with Crippen molar-refractivity contribution < 1.29 is 14.9 Å². The first kappa shape index (κ1) is 26.3. The lowest BCUT2D eigenvalue weighted by atomic mass is 10.1. The summed E-state index contributed by atoms with van der Waals surface area (Å²) in [7, 11) is 0. The van der Waals surface area contributed by atoms with Gasteiger partial charge in [-0.05, 0) is 62.7 Å². The van der Waals surface area contributed by atoms with Crippen LogP contribution < -0.4 is 5.32 Å². The molecule has 4 atom stereocenters. The first-order valence-electron chi connectivity index (χ1n) is 13.5. The van der Waals surface area contributed by atoms with Crippen LogP contribution in [0.5, 0.6) is 0 Å². The Morgan fingerprint density at radius 3 is 2.37 bits per heavy atom. The summed E-state index contributed by atoms with van der Waals surface area (Å²) >= 11 is 0. The minimum Gasteiger partial charge on any atom is -0.388 e. The molecule has 8 nitrogen and oxygen atoms in total. The van der Waals surface area contributed by atoms with Crippen LogP contribution >= 0.6 is 0 Å². The number of ether oxygens (including phenoxy) is 1. The Hall–Kier alpha value is -3.30. The highest BCUT2D eigenvalue weighted by Gasteiger charge is 2.42. The third kappa shape index (κ3) is 5.31. The Labute approximate surface area is 223 Å². The zero-order valence-corrected chi connectivity index (χ0v) is 22.3. The molecule has 0 radical (unpaired) electrons. The Balaban J connectivity index is 1.45. The van der Waals surface area contributed by atoms with Crippen molar-refractivity contribution in [3.05, 3.63) is 72.7 Å². The lowest BCUT2D eigenvalue weighted by Gasteiger charge is -2.17. The summed E-state index contributed by atoms with van der Waals surface area (Å²) in [6, 6.07) is 18.5. The normalized spacial score (nSPS) is 21.4. The lowest BCUT2D eigenvalue weighted by Crippen LogP contribution is -2.30. The van der Waals surface area contributed by atoms with Crippen molar-refractivity contribution in [2.75, 3.05) is 25.0 Å². The second kappa shape index (κ2) is 11.6. The molecule has 2 aromatic carbocycles. The highest BCUT2D eigenvalue weighted by molar-refractivity contribution is 6.02. The van der Waals surface area contributed by atoms with Gasteiger partial charge < -0.3 is 29.7 Å². The van der Waals surface area contributed by atoms with E-state index in [1.165, 1.54) is 11.9 Å². The van der Waals surface area contributed by atoms with E-state index < -0.39 is 24.5 Å². The van der Waals surface area contributed by atoms with E-state index in [1.807, 2.05) is 36.5 Å². The fourth-order valence-electron chi connectivity index (χ4n) is 5.21. The third-order valence-corrected chi connectivity index (χ3v) is 7.50. The number of fused-ring (bicyclic) bond motifs is 1. The predicted octanol–water partition coefficient (Wildman–Crippen LogP) is 4.76. The summed E-state index contributed by atoms with van der Waals surface area (Å²) in [6.07, 6.45) is 2.35. The summed E-state index contributed by atoms with van der Waals surface area (Å²) in [5, 5.41) is 25.4. The van der Waals surface area contributed by atoms with Crippen molar-refractivity contribution >= 4 is 22.5 Å². The minimum atomic E-state index is -1.06. The van der Waals surface area contributed by atoms with Gasteiger partial charge in [0.15, 0.2) is 6.23 Å². The van der Waals surface area contributed by atoms with E-state index in [9.17, 15) is 10.2 Å². The van der Waals surface area contributed by atoms with Gasteiger partial charge in [-0.15, -0.1) is 0 Å². The average Bonchev–Trinajstić information content (AvgIpc) is 3.46. The van der Waals surface area contributed by atoms with E-state index in [4.69, 9.17) is 4.74 Å². The Morgan fingerprint density at radius 1 is 0.974 bits per heavy atom. The van der Waals surface area contributed by atoms with Gasteiger partial charge in [-0.1, -0.05) is 56.3 Å². The maximum absolute atomic E-state index is 10.7. The van der Waals surface area contributed by atoms with Crippen molar-refractivity contribution in [3.63, 3.8) is 0 Å². The molecular weight excluding hydrogens is 478 g/mol. The molecule has 0 unspecified atom stereocenters. The van der Waals surface area contributed by atoms with Crippen LogP contribution in [0.15, 0.2) is 67.1 Å². The summed E-state index contributed by atoms with van der Waals surface area (Å²) in [4.78, 5) is 11.6. The monoisotopic (exact) mass is 515 g/mol. The van der Waals surface area contributed by atoms with Crippen LogP contribution in [0.4, 0.5) is 11.5 Å². The van der Waals surface area contributed by atoms with Gasteiger partial charge >= 0.3 is 0 Å². The van der Waals surface area contributed by atoms with Gasteiger partial charge in [-0.3, -0.25) is 0 Å². The lowest BCUT2D eigenvalue weighted by molar-refractivity contribution is -0.0295. The highest BCUT2D eigenvalue weighted by atomic mass is 16.6. The molecule has 3 N–H and O–H groups in total. The van der Waals surface area contributed by atoms with Gasteiger partial charge in [0.05, 0.1) is 11.5 Å². The Bertz CT molecular complexity index is 1340. The molecule has 200 valence electrons. The number of hydrogen-bond acceptors (Lipinski definition) is 7. The van der Waals surface area contributed by atoms with Crippen LogP contribution in [-0.2, 0) is 11.2 Å². The summed E-state index contributed by atoms with van der Waals surface area (Å²) in [6.45, 7) is 9.46. The van der Waals surface area contributed by atoms with Gasteiger partial charge in [0.1, 0.15) is 30.0 Å². The van der Waals surface area contributed by atoms with Crippen molar-refractivity contribution in [3.8, 4) is 11.1 Å². The molecule has 5 rings (SSSR count). The topological polar surface area (TPSA) is 95.7 Å². The van der Waals surface area contributed by atoms with E-state index in [2.05, 4.69) is 58.3 Å². The maximum Gasteiger partial charge on any atom is 0.164 e. The van der Waals surface area contributed by atoms with Crippen molar-refractivity contribution in [2.45, 2.75) is 58.2 Å². The molecule has 0 spiro atoms. The van der Waals surface area contributed by atoms with Crippen LogP contribution in [0, 0.1) is 0 Å². The predicted molar refractivity (Wildman–Crippen MR) is 150 cm³/mol. The van der Waals surface area contributed by atoms with Crippen LogP contribution in [0.1, 0.15) is 39.0 Å². The SMILES string of the molecule is CCN(CC)CCCc1ccc(Nc2ncnc3c2c(-c2ccccc2)cn3[C@@H]2O[C@H](C)[C@@H](O)[C@H]2O)cc1. The smallest absolute Gasteiger partial charge is 0.164 e. The van der Waals surface area contributed by atoms with Crippen molar-refractivity contribution in [1.82, 2.24) is 19.4 Å². The van der Waals surface area contributed by atoms with Crippen LogP contribution in [0.2, 0.25) is 0 Å². The second-order valence-corrected chi connectivity index (χ2v) is 9.90. The molecule has 1 saturated heterocycles. The summed E-state index contributed by atoms with van der Waals surface area (Å²) in [5.41, 5.74) is 4.79. The molecule has 3 heterocycles. The number of aromatic nitrogens is 3. The third-order valence-electron chi connectivity index (χ3n) is 7.50. The van der Waals surface area contributed by atoms with Gasteiger partial charge in [-0.25, -0.2) is 9.97 Å². The van der Waals surface area contributed by atoms with Gasteiger partial charge in [0, 0.05) is 17.4 Å². The van der Waals surface area contributed by atoms with Crippen molar-refractivity contribution in [2.24, 2.45) is 0 Å². The zero-order valence-electron chi connectivity index (χ0n) is 22.3. The molecule has 0 aliphatic carbocycles. The van der Waals surface area contributed by atoms with E-state index in [-0.39, 0.29) is 0 Å². The fraction of sp³-hybridized carbons (Fsp3) is 0.400. The molecule has 1 fully saturated rings. The first-order valence-corrected chi connectivity index (χ1v) is 13.5. The van der Waals surface area contributed by atoms with E-state index in [0.29, 0.717) is 11.5 Å². The largest absolute Gasteiger partial charge is 0.388 e. The number of anilines is 2. The van der Waals surface area contributed by atoms with E-state index >= 15 is 0 Å². The van der Waals surface area contributed by atoms with Gasteiger partial charge in [-0.2, -0.15) is 0 Å². The number of benzene rings is 2. The molecule has 1 aliphatic heterocycles. The van der Waals surface area contributed by atoms with E-state index in [0.717, 1.165) is 54.7 Å². The average molecular weight is 516 g/mol. The maximum atomic E-state index is 10.7. The number of aliphatic hydroxyl groups is 2. The number of aliphatic hydroxyl groups excluding tert-OH is 2. The summed E-state index contributed by atoms with van der Waals surface area (Å²) < 4.78 is 7.75. The molecule has 38 heavy (non-hydrogen) atoms. The number of rotatable bonds is 10. The van der Waals surface area contributed by atoms with Crippen LogP contribution in [-0.4, -0.2) is 67.6 Å². The Kier molecular flexibility index (Phi) is 8.04. The Morgan fingerprint density at radius 2 is 1.71 bits per heavy atom. The molecule has 0 saturated carbocycles. The van der Waals surface area contributed by atoms with Gasteiger partial charge in [0.2, 0.25) is 0 Å². The first-order chi connectivity index (χ1) is 18.5. The molecule has 4 aromatic rings. The molecule has 0 bridgehead atoms. The quantitative estimate of drug-likeness (QED) is 0.280. The van der Waals surface area contributed by atoms with Crippen LogP contribution in [0.3, 0.4) is 0 Å². The molecule has 1 aliphatic rings. The number of nitrogens with one attached hydrogen (secondary N) is 1. The number of hydrogen-bond donors (Lipinski definition) is 3. The fourth-order valence-corrected chi connectivity index (χ4v) is 5.21. The van der Waals surface area contributed by atoms with Gasteiger partial charge in [0.25, 0.3) is 0 Å². The number of aryl methyl sites for hydroxylation is 1. The standard InChI is InChI=1S/C30H37N5O3/c1-4-34(5-2)17-9-10-21-13-15-23(16-14-21)33-28-25-24(22-11-7-6-8-12-22)18-35(29(25)32-19-31-28)30-27(37)26(36)20(3)38-30/h6-8,11-16,18-20,26-27,30,36-37H,4-5,9-10,17H2,1-3H3,(H,31,32,33)/t20-,26-,27-,30-/m1/s1. The molecule has 2 aromatic heterocycles. The van der Waals surface area contributed by atoms with Crippen molar-refractivity contribution in [1.29, 1.82) is 0 Å². The highest BCUT2D eigenvalue weighted by Crippen LogP contribution is 2.39. The number of nitrogens with zero attached hydrogens (tertiary/aromatic N) is 4. The molecule has 0 amide bonds. The molecular formula is C30H37N5O3. The minimum absolute atomic E-state index is 0.488. The van der Waals surface area contributed by atoms with Crippen LogP contribution in [0.25, 0.3) is 22.2 Å². The second-order valence-electron chi connectivity index (χ2n) is 9.90. The zero-order chi connectivity index (χ0) is 26.6.